The highest BCUT2D eigenvalue weighted by Crippen LogP contribution is 1.93. The third-order valence-electron chi connectivity index (χ3n) is 2.19. The van der Waals surface area contributed by atoms with Gasteiger partial charge in [0.2, 0.25) is 0 Å². The number of ketones is 2. The van der Waals surface area contributed by atoms with Gasteiger partial charge in [-0.2, -0.15) is 0 Å². The van der Waals surface area contributed by atoms with Crippen molar-refractivity contribution in [1.29, 1.82) is 0 Å². The molecule has 0 aliphatic heterocycles. The van der Waals surface area contributed by atoms with Crippen molar-refractivity contribution in [2.75, 3.05) is 26.2 Å². The van der Waals surface area contributed by atoms with E-state index in [-0.39, 0.29) is 37.7 Å². The number of hydrazone groups is 1. The first-order chi connectivity index (χ1) is 8.27. The van der Waals surface area contributed by atoms with Crippen LogP contribution < -0.4 is 0 Å². The Bertz CT molecular complexity index is 325. The molecule has 0 bridgehead atoms. The standard InChI is InChI=1S/C11H22N3O4/c1-5-13(17)14(18)9(2)6-12(7-10(3)15)8-11(4)16/h17-18H,5-8H2,1-4H3/q+1. The monoisotopic (exact) mass is 260 g/mol. The average Bonchev–Trinajstić information content (AvgIpc) is 2.24. The average molecular weight is 260 g/mol. The van der Waals surface area contributed by atoms with Gasteiger partial charge in [0.15, 0.2) is 0 Å². The maximum absolute atomic E-state index is 11.1. The maximum Gasteiger partial charge on any atom is 0.253 e. The zero-order valence-corrected chi connectivity index (χ0v) is 11.4. The van der Waals surface area contributed by atoms with Gasteiger partial charge in [0.25, 0.3) is 5.71 Å². The van der Waals surface area contributed by atoms with E-state index in [0.717, 1.165) is 0 Å². The molecule has 0 aromatic carbocycles. The van der Waals surface area contributed by atoms with Gasteiger partial charge in [-0.1, -0.05) is 0 Å². The molecule has 0 saturated carbocycles. The lowest BCUT2D eigenvalue weighted by atomic mass is 10.3. The minimum atomic E-state index is -0.0649. The molecule has 18 heavy (non-hydrogen) atoms. The SMILES string of the molecule is CCN(O)[N+](O)=C(C)CN(CC(C)=O)CC(C)=O. The first-order valence-corrected chi connectivity index (χ1v) is 5.76. The molecule has 2 N–H and O–H groups in total. The molecule has 0 rings (SSSR count). The van der Waals surface area contributed by atoms with Crippen molar-refractivity contribution in [3.63, 3.8) is 0 Å². The Morgan fingerprint density at radius 3 is 1.83 bits per heavy atom. The molecule has 0 atom stereocenters. The Hall–Kier alpha value is -1.47. The number of Topliss-reactive ketones (excluding diaryl/α,β-unsaturated/α-hetero) is 2. The fourth-order valence-corrected chi connectivity index (χ4v) is 1.52. The van der Waals surface area contributed by atoms with Gasteiger partial charge in [0.1, 0.15) is 23.0 Å². The number of hydrazine groups is 1. The van der Waals surface area contributed by atoms with E-state index in [4.69, 9.17) is 0 Å². The normalized spacial score (nSPS) is 12.3. The van der Waals surface area contributed by atoms with E-state index in [1.807, 2.05) is 0 Å². The number of carbonyl (C=O) groups is 2. The molecule has 0 aliphatic carbocycles. The lowest BCUT2D eigenvalue weighted by Gasteiger charge is -2.17. The summed E-state index contributed by atoms with van der Waals surface area (Å²) in [4.78, 5) is 24.4. The van der Waals surface area contributed by atoms with Crippen molar-refractivity contribution in [3.05, 3.63) is 0 Å². The van der Waals surface area contributed by atoms with Crippen molar-refractivity contribution < 1.29 is 24.9 Å². The van der Waals surface area contributed by atoms with Crippen LogP contribution in [0.2, 0.25) is 0 Å². The van der Waals surface area contributed by atoms with Crippen LogP contribution in [0.15, 0.2) is 0 Å². The van der Waals surface area contributed by atoms with Gasteiger partial charge in [-0.05, 0) is 25.9 Å². The van der Waals surface area contributed by atoms with Gasteiger partial charge in [0, 0.05) is 6.92 Å². The van der Waals surface area contributed by atoms with Crippen molar-refractivity contribution in [2.45, 2.75) is 27.7 Å². The second kappa shape index (κ2) is 7.78. The molecule has 0 radical (unpaired) electrons. The summed E-state index contributed by atoms with van der Waals surface area (Å²) in [5.41, 5.74) is 0.418. The first kappa shape index (κ1) is 16.5. The van der Waals surface area contributed by atoms with Crippen LogP contribution in [0.4, 0.5) is 0 Å². The second-order valence-corrected chi connectivity index (χ2v) is 4.26. The van der Waals surface area contributed by atoms with Crippen molar-refractivity contribution in [2.24, 2.45) is 0 Å². The van der Waals surface area contributed by atoms with Crippen LogP contribution in [0, 0.1) is 0 Å². The Labute approximate surface area is 107 Å². The minimum absolute atomic E-state index is 0.0649. The number of nitrogens with zero attached hydrogens (tertiary/aromatic N) is 3. The first-order valence-electron chi connectivity index (χ1n) is 5.76. The maximum atomic E-state index is 11.1. The van der Waals surface area contributed by atoms with Gasteiger partial charge in [-0.3, -0.25) is 19.7 Å². The van der Waals surface area contributed by atoms with E-state index in [2.05, 4.69) is 0 Å². The molecule has 0 aliphatic rings. The van der Waals surface area contributed by atoms with Crippen LogP contribution in [0.25, 0.3) is 0 Å². The summed E-state index contributed by atoms with van der Waals surface area (Å²) in [5, 5.41) is 19.5. The van der Waals surface area contributed by atoms with Crippen LogP contribution in [0.5, 0.6) is 0 Å². The van der Waals surface area contributed by atoms with E-state index < -0.39 is 0 Å². The van der Waals surface area contributed by atoms with E-state index in [1.54, 1.807) is 18.7 Å². The summed E-state index contributed by atoms with van der Waals surface area (Å²) in [6.45, 7) is 6.82. The smallest absolute Gasteiger partial charge is 0.253 e. The van der Waals surface area contributed by atoms with E-state index >= 15 is 0 Å². The van der Waals surface area contributed by atoms with Crippen LogP contribution in [-0.2, 0) is 9.59 Å². The fourth-order valence-electron chi connectivity index (χ4n) is 1.52. The summed E-state index contributed by atoms with van der Waals surface area (Å²) in [6.07, 6.45) is 0. The topological polar surface area (TPSA) is 84.1 Å². The van der Waals surface area contributed by atoms with Gasteiger partial charge < -0.3 is 0 Å². The Kier molecular flexibility index (Phi) is 7.14. The summed E-state index contributed by atoms with van der Waals surface area (Å²) < 4.78 is 0. The van der Waals surface area contributed by atoms with Crippen LogP contribution in [-0.4, -0.2) is 68.8 Å². The number of hydroxylamine groups is 1. The van der Waals surface area contributed by atoms with E-state index in [0.29, 0.717) is 15.7 Å². The molecule has 0 spiro atoms. The Morgan fingerprint density at radius 1 is 1.06 bits per heavy atom. The highest BCUT2D eigenvalue weighted by atomic mass is 16.7. The molecular formula is C11H22N3O4+. The summed E-state index contributed by atoms with van der Waals surface area (Å²) >= 11 is 0. The molecule has 7 heteroatoms. The zero-order valence-electron chi connectivity index (χ0n) is 11.4. The molecule has 0 aromatic heterocycles. The van der Waals surface area contributed by atoms with Gasteiger partial charge in [-0.25, -0.2) is 5.21 Å². The van der Waals surface area contributed by atoms with Gasteiger partial charge >= 0.3 is 0 Å². The third-order valence-corrected chi connectivity index (χ3v) is 2.19. The van der Waals surface area contributed by atoms with Crippen molar-refractivity contribution in [1.82, 2.24) is 10.1 Å². The third kappa shape index (κ3) is 6.31. The van der Waals surface area contributed by atoms with Gasteiger partial charge in [-0.15, -0.1) is 0 Å². The predicted octanol–water partition coefficient (Wildman–Crippen LogP) is -0.0449. The minimum Gasteiger partial charge on any atom is -0.299 e. The molecule has 0 fully saturated rings. The molecule has 0 aromatic rings. The van der Waals surface area contributed by atoms with E-state index in [9.17, 15) is 20.0 Å². The Balaban J connectivity index is 4.74. The van der Waals surface area contributed by atoms with Gasteiger partial charge in [0.05, 0.1) is 19.6 Å². The molecule has 0 unspecified atom stereocenters. The lowest BCUT2D eigenvalue weighted by molar-refractivity contribution is -0.929. The second-order valence-electron chi connectivity index (χ2n) is 4.26. The largest absolute Gasteiger partial charge is 0.299 e. The highest BCUT2D eigenvalue weighted by molar-refractivity contribution is 5.84. The number of rotatable bonds is 8. The summed E-state index contributed by atoms with van der Waals surface area (Å²) in [6, 6.07) is 0. The van der Waals surface area contributed by atoms with Crippen LogP contribution in [0.3, 0.4) is 0 Å². The van der Waals surface area contributed by atoms with E-state index in [1.165, 1.54) is 13.8 Å². The Morgan fingerprint density at radius 2 is 1.50 bits per heavy atom. The quantitative estimate of drug-likeness (QED) is 0.276. The van der Waals surface area contributed by atoms with Crippen LogP contribution >= 0.6 is 0 Å². The van der Waals surface area contributed by atoms with Crippen molar-refractivity contribution >= 4 is 17.3 Å². The number of hydrogen-bond donors (Lipinski definition) is 2. The molecule has 104 valence electrons. The number of hydrogen-bond acceptors (Lipinski definition) is 6. The number of carbonyl (C=O) groups excluding carboxylic acids is 2. The highest BCUT2D eigenvalue weighted by Gasteiger charge is 2.20. The zero-order chi connectivity index (χ0) is 14.3. The predicted molar refractivity (Wildman–Crippen MR) is 64.7 cm³/mol. The summed E-state index contributed by atoms with van der Waals surface area (Å²) in [7, 11) is 0. The molecular weight excluding hydrogens is 238 g/mol. The lowest BCUT2D eigenvalue weighted by Crippen LogP contribution is -2.42. The molecule has 0 amide bonds. The fraction of sp³-hybridized carbons (Fsp3) is 0.727. The van der Waals surface area contributed by atoms with Crippen LogP contribution in [0.1, 0.15) is 27.7 Å². The molecule has 0 saturated heterocycles. The molecule has 0 heterocycles. The molecule has 7 nitrogen and oxygen atoms in total. The van der Waals surface area contributed by atoms with Crippen molar-refractivity contribution in [3.8, 4) is 0 Å². The summed E-state index contributed by atoms with van der Waals surface area (Å²) in [5.74, 6) is -0.130.